The Labute approximate surface area is 223 Å². The van der Waals surface area contributed by atoms with Crippen molar-refractivity contribution in [2.24, 2.45) is 0 Å². The third-order valence-electron chi connectivity index (χ3n) is 7.73. The number of piperazine rings is 1. The number of nitrogens with zero attached hydrogens (tertiary/aromatic N) is 3. The Morgan fingerprint density at radius 2 is 1.81 bits per heavy atom. The third kappa shape index (κ3) is 5.05. The second kappa shape index (κ2) is 10.4. The SMILES string of the molecule is CCCN(C)S(=O)(=O)c1ccc(OC2CCC2)c(N2C3CCC2CN(C(=O)c2ccc(F)cc2Cl)C3)c1. The summed E-state index contributed by atoms with van der Waals surface area (Å²) >= 11 is 6.18. The standard InChI is InChI=1S/C27H33ClFN3O4S/c1-3-13-30(2)37(34,35)22-10-12-26(36-21-5-4-6-21)25(15-22)32-19-8-9-20(32)17-31(16-19)27(33)23-11-7-18(29)14-24(23)28/h7,10-12,14-15,19-21H,3-6,8-9,13,16-17H2,1-2H3. The van der Waals surface area contributed by atoms with Crippen molar-refractivity contribution >= 4 is 33.2 Å². The van der Waals surface area contributed by atoms with E-state index < -0.39 is 15.8 Å². The van der Waals surface area contributed by atoms with E-state index in [0.29, 0.717) is 25.4 Å². The molecule has 2 unspecified atom stereocenters. The normalized spacial score (nSPS) is 21.9. The smallest absolute Gasteiger partial charge is 0.255 e. The van der Waals surface area contributed by atoms with Gasteiger partial charge in [0.05, 0.1) is 27.3 Å². The van der Waals surface area contributed by atoms with E-state index in [-0.39, 0.29) is 39.6 Å². The molecule has 0 N–H and O–H groups in total. The maximum atomic E-state index is 13.5. The Morgan fingerprint density at radius 1 is 1.11 bits per heavy atom. The van der Waals surface area contributed by atoms with Crippen molar-refractivity contribution in [1.82, 2.24) is 9.21 Å². The Kier molecular flexibility index (Phi) is 7.40. The van der Waals surface area contributed by atoms with Crippen molar-refractivity contribution in [1.29, 1.82) is 0 Å². The maximum Gasteiger partial charge on any atom is 0.255 e. The van der Waals surface area contributed by atoms with E-state index in [0.717, 1.165) is 50.3 Å². The molecule has 1 aliphatic carbocycles. The monoisotopic (exact) mass is 549 g/mol. The van der Waals surface area contributed by atoms with E-state index in [4.69, 9.17) is 16.3 Å². The molecule has 37 heavy (non-hydrogen) atoms. The number of likely N-dealkylation sites (tertiary alicyclic amines) is 1. The highest BCUT2D eigenvalue weighted by Gasteiger charge is 2.43. The number of hydrogen-bond donors (Lipinski definition) is 0. The van der Waals surface area contributed by atoms with E-state index in [1.807, 2.05) is 6.92 Å². The van der Waals surface area contributed by atoms with Crippen LogP contribution in [0.4, 0.5) is 10.1 Å². The summed E-state index contributed by atoms with van der Waals surface area (Å²) in [5.74, 6) is -0.00472. The average molecular weight is 550 g/mol. The van der Waals surface area contributed by atoms with Crippen molar-refractivity contribution in [2.45, 2.75) is 68.5 Å². The number of hydrogen-bond acceptors (Lipinski definition) is 5. The predicted molar refractivity (Wildman–Crippen MR) is 141 cm³/mol. The highest BCUT2D eigenvalue weighted by molar-refractivity contribution is 7.89. The summed E-state index contributed by atoms with van der Waals surface area (Å²) in [4.78, 5) is 17.5. The van der Waals surface area contributed by atoms with Gasteiger partial charge >= 0.3 is 0 Å². The molecular weight excluding hydrogens is 517 g/mol. The van der Waals surface area contributed by atoms with E-state index in [1.54, 1.807) is 30.1 Å². The van der Waals surface area contributed by atoms with Crippen LogP contribution in [0.25, 0.3) is 0 Å². The zero-order chi connectivity index (χ0) is 26.3. The molecule has 2 aromatic rings. The summed E-state index contributed by atoms with van der Waals surface area (Å²) in [5.41, 5.74) is 1.06. The molecule has 0 spiro atoms. The molecule has 2 heterocycles. The summed E-state index contributed by atoms with van der Waals surface area (Å²) in [6.45, 7) is 3.33. The number of sulfonamides is 1. The lowest BCUT2D eigenvalue weighted by molar-refractivity contribution is 0.0717. The summed E-state index contributed by atoms with van der Waals surface area (Å²) in [5, 5.41) is 0.102. The molecule has 1 saturated carbocycles. The van der Waals surface area contributed by atoms with Gasteiger partial charge in [0.15, 0.2) is 0 Å². The Hall–Kier alpha value is -2.36. The molecule has 3 aliphatic rings. The van der Waals surface area contributed by atoms with E-state index >= 15 is 0 Å². The fourth-order valence-corrected chi connectivity index (χ4v) is 7.07. The van der Waals surface area contributed by atoms with Crippen LogP contribution in [0.2, 0.25) is 5.02 Å². The zero-order valence-corrected chi connectivity index (χ0v) is 22.8. The van der Waals surface area contributed by atoms with Gasteiger partial charge in [-0.3, -0.25) is 4.79 Å². The van der Waals surface area contributed by atoms with Gasteiger partial charge in [0.25, 0.3) is 5.91 Å². The maximum absolute atomic E-state index is 13.5. The summed E-state index contributed by atoms with van der Waals surface area (Å²) in [7, 11) is -2.04. The molecule has 200 valence electrons. The number of carbonyl (C=O) groups is 1. The van der Waals surface area contributed by atoms with Crippen molar-refractivity contribution in [3.63, 3.8) is 0 Å². The van der Waals surface area contributed by atoms with Gasteiger partial charge in [0.2, 0.25) is 10.0 Å². The summed E-state index contributed by atoms with van der Waals surface area (Å²) in [6, 6.07) is 9.02. The van der Waals surface area contributed by atoms with Gasteiger partial charge in [-0.05, 0) is 74.9 Å². The molecule has 1 amide bonds. The predicted octanol–water partition coefficient (Wildman–Crippen LogP) is 4.93. The van der Waals surface area contributed by atoms with Crippen molar-refractivity contribution < 1.29 is 22.3 Å². The molecule has 0 radical (unpaired) electrons. The fraction of sp³-hybridized carbons (Fsp3) is 0.519. The first kappa shape index (κ1) is 26.3. The lowest BCUT2D eigenvalue weighted by Crippen LogP contribution is -2.55. The van der Waals surface area contributed by atoms with Gasteiger partial charge in [0.1, 0.15) is 11.6 Å². The average Bonchev–Trinajstić information content (AvgIpc) is 3.09. The molecule has 2 bridgehead atoms. The van der Waals surface area contributed by atoms with Gasteiger partial charge in [0, 0.05) is 38.8 Å². The number of carbonyl (C=O) groups excluding carboxylic acids is 1. The number of anilines is 1. The van der Waals surface area contributed by atoms with Crippen LogP contribution in [0.3, 0.4) is 0 Å². The van der Waals surface area contributed by atoms with Crippen molar-refractivity contribution in [3.05, 3.63) is 52.8 Å². The van der Waals surface area contributed by atoms with Crippen LogP contribution in [0.1, 0.15) is 55.8 Å². The van der Waals surface area contributed by atoms with Crippen LogP contribution in [0.5, 0.6) is 5.75 Å². The van der Waals surface area contributed by atoms with Crippen molar-refractivity contribution in [2.75, 3.05) is 31.6 Å². The van der Waals surface area contributed by atoms with Gasteiger partial charge in [-0.1, -0.05) is 18.5 Å². The van der Waals surface area contributed by atoms with Crippen LogP contribution >= 0.6 is 11.6 Å². The van der Waals surface area contributed by atoms with E-state index in [9.17, 15) is 17.6 Å². The number of benzene rings is 2. The number of rotatable bonds is 8. The van der Waals surface area contributed by atoms with Gasteiger partial charge in [-0.15, -0.1) is 0 Å². The second-order valence-electron chi connectivity index (χ2n) is 10.3. The van der Waals surface area contributed by atoms with E-state index in [2.05, 4.69) is 4.90 Å². The first-order valence-corrected chi connectivity index (χ1v) is 14.8. The molecule has 7 nitrogen and oxygen atoms in total. The second-order valence-corrected chi connectivity index (χ2v) is 12.7. The minimum Gasteiger partial charge on any atom is -0.488 e. The highest BCUT2D eigenvalue weighted by atomic mass is 35.5. The van der Waals surface area contributed by atoms with Crippen LogP contribution in [0.15, 0.2) is 41.3 Å². The first-order valence-electron chi connectivity index (χ1n) is 13.0. The number of amides is 1. The lowest BCUT2D eigenvalue weighted by atomic mass is 9.96. The highest BCUT2D eigenvalue weighted by Crippen LogP contribution is 2.43. The molecule has 2 aliphatic heterocycles. The van der Waals surface area contributed by atoms with Gasteiger partial charge < -0.3 is 14.5 Å². The molecule has 0 aromatic heterocycles. The molecule has 3 fully saturated rings. The number of halogens is 2. The lowest BCUT2D eigenvalue weighted by Gasteiger charge is -2.43. The van der Waals surface area contributed by atoms with Crippen LogP contribution < -0.4 is 9.64 Å². The number of fused-ring (bicyclic) bond motifs is 2. The topological polar surface area (TPSA) is 70.2 Å². The number of ether oxygens (including phenoxy) is 1. The van der Waals surface area contributed by atoms with Gasteiger partial charge in [-0.25, -0.2) is 17.1 Å². The summed E-state index contributed by atoms with van der Waals surface area (Å²) in [6.07, 6.45) is 5.74. The molecule has 2 saturated heterocycles. The zero-order valence-electron chi connectivity index (χ0n) is 21.2. The largest absolute Gasteiger partial charge is 0.488 e. The minimum absolute atomic E-state index is 0.0111. The molecule has 2 aromatic carbocycles. The third-order valence-corrected chi connectivity index (χ3v) is 9.90. The van der Waals surface area contributed by atoms with Crippen molar-refractivity contribution in [3.8, 4) is 5.75 Å². The van der Waals surface area contributed by atoms with Crippen LogP contribution in [-0.2, 0) is 10.0 Å². The first-order chi connectivity index (χ1) is 17.7. The Balaban J connectivity index is 1.45. The molecular formula is C27H33ClFN3O4S. The Bertz CT molecular complexity index is 1270. The molecule has 2 atom stereocenters. The minimum atomic E-state index is -3.64. The molecule has 10 heteroatoms. The van der Waals surface area contributed by atoms with Gasteiger partial charge in [-0.2, -0.15) is 0 Å². The molecule has 5 rings (SSSR count). The van der Waals surface area contributed by atoms with Crippen LogP contribution in [0, 0.1) is 5.82 Å². The summed E-state index contributed by atoms with van der Waals surface area (Å²) < 4.78 is 47.8. The Morgan fingerprint density at radius 3 is 2.41 bits per heavy atom. The van der Waals surface area contributed by atoms with Crippen LogP contribution in [-0.4, -0.2) is 68.4 Å². The fourth-order valence-electron chi connectivity index (χ4n) is 5.54. The quantitative estimate of drug-likeness (QED) is 0.467. The van der Waals surface area contributed by atoms with E-state index in [1.165, 1.54) is 16.4 Å².